The van der Waals surface area contributed by atoms with Crippen molar-refractivity contribution in [1.82, 2.24) is 5.32 Å². The maximum Gasteiger partial charge on any atom is 0.220 e. The molecule has 26 heavy (non-hydrogen) atoms. The Morgan fingerprint density at radius 2 is 1.96 bits per heavy atom. The number of benzene rings is 1. The standard InChI is InChI=1S/C19H24FNO3S2/c1-13-10-14(7-8-15(13)20)26(23,24)17(16-6-5-9-25-16)12-21-18(22)11-19(2,3)4/h5-10,17H,11-12H2,1-4H3,(H,21,22)/t17-/m1/s1. The van der Waals surface area contributed by atoms with Crippen molar-refractivity contribution in [2.45, 2.75) is 44.3 Å². The predicted octanol–water partition coefficient (Wildman–Crippen LogP) is 4.26. The Balaban J connectivity index is 2.30. The molecule has 1 amide bonds. The zero-order valence-corrected chi connectivity index (χ0v) is 17.0. The van der Waals surface area contributed by atoms with E-state index in [0.29, 0.717) is 11.3 Å². The Labute approximate surface area is 158 Å². The Morgan fingerprint density at radius 1 is 1.27 bits per heavy atom. The lowest BCUT2D eigenvalue weighted by Crippen LogP contribution is -2.33. The third kappa shape index (κ3) is 5.14. The predicted molar refractivity (Wildman–Crippen MR) is 102 cm³/mol. The highest BCUT2D eigenvalue weighted by Crippen LogP contribution is 2.32. The van der Waals surface area contributed by atoms with Crippen LogP contribution in [0.2, 0.25) is 0 Å². The summed E-state index contributed by atoms with van der Waals surface area (Å²) in [7, 11) is -3.77. The number of carbonyl (C=O) groups is 1. The normalized spacial score (nSPS) is 13.4. The molecular formula is C19H24FNO3S2. The van der Waals surface area contributed by atoms with Crippen molar-refractivity contribution in [2.24, 2.45) is 5.41 Å². The average molecular weight is 398 g/mol. The number of amides is 1. The number of aryl methyl sites for hydroxylation is 1. The molecule has 0 aliphatic rings. The summed E-state index contributed by atoms with van der Waals surface area (Å²) in [5.41, 5.74) is 0.0860. The number of hydrogen-bond acceptors (Lipinski definition) is 4. The molecule has 2 rings (SSSR count). The third-order valence-electron chi connectivity index (χ3n) is 3.87. The molecule has 0 unspecified atom stereocenters. The van der Waals surface area contributed by atoms with Crippen LogP contribution in [0, 0.1) is 18.2 Å². The fourth-order valence-electron chi connectivity index (χ4n) is 2.55. The summed E-state index contributed by atoms with van der Waals surface area (Å²) in [4.78, 5) is 12.8. The van der Waals surface area contributed by atoms with Gasteiger partial charge in [-0.1, -0.05) is 26.8 Å². The van der Waals surface area contributed by atoms with E-state index in [4.69, 9.17) is 0 Å². The van der Waals surface area contributed by atoms with Crippen molar-refractivity contribution in [1.29, 1.82) is 0 Å². The summed E-state index contributed by atoms with van der Waals surface area (Å²) in [5, 5.41) is 3.63. The van der Waals surface area contributed by atoms with Gasteiger partial charge >= 0.3 is 0 Å². The van der Waals surface area contributed by atoms with Crippen LogP contribution in [0.1, 0.15) is 42.9 Å². The van der Waals surface area contributed by atoms with Crippen molar-refractivity contribution >= 4 is 27.1 Å². The SMILES string of the molecule is Cc1cc(S(=O)(=O)[C@H](CNC(=O)CC(C)(C)C)c2cccs2)ccc1F. The molecule has 142 valence electrons. The minimum atomic E-state index is -3.77. The second-order valence-corrected chi connectivity index (χ2v) is 10.6. The molecule has 0 spiro atoms. The fourth-order valence-corrected chi connectivity index (χ4v) is 5.41. The van der Waals surface area contributed by atoms with Crippen LogP contribution in [0.4, 0.5) is 4.39 Å². The van der Waals surface area contributed by atoms with Gasteiger partial charge in [0, 0.05) is 17.8 Å². The molecule has 1 N–H and O–H groups in total. The molecule has 0 bridgehead atoms. The highest BCUT2D eigenvalue weighted by molar-refractivity contribution is 7.91. The summed E-state index contributed by atoms with van der Waals surface area (Å²) >= 11 is 1.32. The quantitative estimate of drug-likeness (QED) is 0.741. The van der Waals surface area contributed by atoms with Crippen LogP contribution in [0.25, 0.3) is 0 Å². The van der Waals surface area contributed by atoms with Crippen LogP contribution < -0.4 is 5.32 Å². The van der Waals surface area contributed by atoms with E-state index >= 15 is 0 Å². The van der Waals surface area contributed by atoms with E-state index in [2.05, 4.69) is 5.32 Å². The topological polar surface area (TPSA) is 63.2 Å². The Morgan fingerprint density at radius 3 is 2.50 bits per heavy atom. The van der Waals surface area contributed by atoms with E-state index in [0.717, 1.165) is 6.07 Å². The first-order chi connectivity index (χ1) is 12.0. The molecule has 0 radical (unpaired) electrons. The molecule has 0 saturated heterocycles. The zero-order valence-electron chi connectivity index (χ0n) is 15.4. The number of hydrogen-bond donors (Lipinski definition) is 1. The zero-order chi connectivity index (χ0) is 19.5. The van der Waals surface area contributed by atoms with Gasteiger partial charge in [0.15, 0.2) is 9.84 Å². The summed E-state index contributed by atoms with van der Waals surface area (Å²) in [6.07, 6.45) is 0.305. The van der Waals surface area contributed by atoms with Crippen molar-refractivity contribution in [3.05, 3.63) is 52.0 Å². The first-order valence-corrected chi connectivity index (χ1v) is 10.7. The van der Waals surface area contributed by atoms with Crippen LogP contribution in [0.3, 0.4) is 0 Å². The maximum atomic E-state index is 13.5. The van der Waals surface area contributed by atoms with Gasteiger partial charge in [0.25, 0.3) is 0 Å². The average Bonchev–Trinajstić information content (AvgIpc) is 3.02. The second-order valence-electron chi connectivity index (χ2n) is 7.50. The van der Waals surface area contributed by atoms with Crippen molar-refractivity contribution in [3.63, 3.8) is 0 Å². The van der Waals surface area contributed by atoms with Gasteiger partial charge in [0.1, 0.15) is 11.1 Å². The van der Waals surface area contributed by atoms with Gasteiger partial charge < -0.3 is 5.32 Å². The molecule has 1 atom stereocenters. The molecule has 2 aromatic rings. The van der Waals surface area contributed by atoms with Crippen LogP contribution in [0.5, 0.6) is 0 Å². The molecular weight excluding hydrogens is 373 g/mol. The van der Waals surface area contributed by atoms with Gasteiger partial charge in [-0.05, 0) is 47.5 Å². The molecule has 4 nitrogen and oxygen atoms in total. The minimum Gasteiger partial charge on any atom is -0.354 e. The van der Waals surface area contributed by atoms with Crippen molar-refractivity contribution in [3.8, 4) is 0 Å². The summed E-state index contributed by atoms with van der Waals surface area (Å²) in [6, 6.07) is 7.28. The molecule has 1 aromatic heterocycles. The van der Waals surface area contributed by atoms with Gasteiger partial charge in [-0.2, -0.15) is 0 Å². The van der Waals surface area contributed by atoms with E-state index in [1.54, 1.807) is 17.5 Å². The molecule has 7 heteroatoms. The first kappa shape index (κ1) is 20.6. The molecule has 1 heterocycles. The van der Waals surface area contributed by atoms with Gasteiger partial charge in [-0.15, -0.1) is 11.3 Å². The van der Waals surface area contributed by atoms with Crippen molar-refractivity contribution < 1.29 is 17.6 Å². The van der Waals surface area contributed by atoms with E-state index < -0.39 is 20.9 Å². The monoisotopic (exact) mass is 397 g/mol. The summed E-state index contributed by atoms with van der Waals surface area (Å²) < 4.78 is 39.8. The van der Waals surface area contributed by atoms with E-state index in [9.17, 15) is 17.6 Å². The van der Waals surface area contributed by atoms with Gasteiger partial charge in [0.05, 0.1) is 4.90 Å². The molecule has 0 fully saturated rings. The lowest BCUT2D eigenvalue weighted by molar-refractivity contribution is -0.122. The van der Waals surface area contributed by atoms with E-state index in [1.165, 1.54) is 30.4 Å². The van der Waals surface area contributed by atoms with Gasteiger partial charge in [-0.3, -0.25) is 4.79 Å². The van der Waals surface area contributed by atoms with Crippen LogP contribution in [-0.4, -0.2) is 20.9 Å². The Bertz CT molecular complexity index is 869. The van der Waals surface area contributed by atoms with Gasteiger partial charge in [0.2, 0.25) is 5.91 Å². The molecule has 0 aliphatic carbocycles. The number of carbonyl (C=O) groups excluding carboxylic acids is 1. The Kier molecular flexibility index (Phi) is 6.24. The number of thiophene rings is 1. The highest BCUT2D eigenvalue weighted by Gasteiger charge is 2.31. The molecule has 0 saturated carbocycles. The van der Waals surface area contributed by atoms with Gasteiger partial charge in [-0.25, -0.2) is 12.8 Å². The third-order valence-corrected chi connectivity index (χ3v) is 7.08. The van der Waals surface area contributed by atoms with E-state index in [1.807, 2.05) is 20.8 Å². The maximum absolute atomic E-state index is 13.5. The largest absolute Gasteiger partial charge is 0.354 e. The lowest BCUT2D eigenvalue weighted by Gasteiger charge is -2.20. The number of halogens is 1. The van der Waals surface area contributed by atoms with E-state index in [-0.39, 0.29) is 28.3 Å². The van der Waals surface area contributed by atoms with Crippen LogP contribution in [0.15, 0.2) is 40.6 Å². The van der Waals surface area contributed by atoms with Crippen molar-refractivity contribution in [2.75, 3.05) is 6.54 Å². The highest BCUT2D eigenvalue weighted by atomic mass is 32.2. The smallest absolute Gasteiger partial charge is 0.220 e. The molecule has 0 aliphatic heterocycles. The number of nitrogens with one attached hydrogen (secondary N) is 1. The molecule has 1 aromatic carbocycles. The Hall–Kier alpha value is -1.73. The van der Waals surface area contributed by atoms with Crippen LogP contribution in [-0.2, 0) is 14.6 Å². The lowest BCUT2D eigenvalue weighted by atomic mass is 9.92. The second kappa shape index (κ2) is 7.88. The number of rotatable bonds is 6. The summed E-state index contributed by atoms with van der Waals surface area (Å²) in [6.45, 7) is 7.35. The van der Waals surface area contributed by atoms with Crippen LogP contribution >= 0.6 is 11.3 Å². The minimum absolute atomic E-state index is 0.0197. The number of sulfone groups is 1. The fraction of sp³-hybridized carbons (Fsp3) is 0.421. The summed E-state index contributed by atoms with van der Waals surface area (Å²) in [5.74, 6) is -0.639. The first-order valence-electron chi connectivity index (χ1n) is 8.31.